The van der Waals surface area contributed by atoms with Crippen LogP contribution >= 0.6 is 21.6 Å². The van der Waals surface area contributed by atoms with Gasteiger partial charge in [0.25, 0.3) is 0 Å². The summed E-state index contributed by atoms with van der Waals surface area (Å²) in [5.41, 5.74) is 6.12. The minimum Gasteiger partial charge on any atom is -0.480 e. The van der Waals surface area contributed by atoms with Crippen molar-refractivity contribution in [3.8, 4) is 11.1 Å². The lowest BCUT2D eigenvalue weighted by atomic mass is 9.98. The molecule has 0 spiro atoms. The number of aromatic amines is 1. The van der Waals surface area contributed by atoms with Crippen LogP contribution in [0.15, 0.2) is 79.0 Å². The van der Waals surface area contributed by atoms with Gasteiger partial charge in [-0.2, -0.15) is 0 Å². The van der Waals surface area contributed by atoms with E-state index >= 15 is 0 Å². The highest BCUT2D eigenvalue weighted by molar-refractivity contribution is 8.77. The van der Waals surface area contributed by atoms with Crippen LogP contribution in [0.4, 0.5) is 4.79 Å². The summed E-state index contributed by atoms with van der Waals surface area (Å²) in [6.45, 7) is 6.21. The number of hydrogen-bond acceptors (Lipinski definition) is 6. The van der Waals surface area contributed by atoms with Gasteiger partial charge in [-0.3, -0.25) is 4.79 Å². The normalized spacial score (nSPS) is 14.0. The lowest BCUT2D eigenvalue weighted by Crippen LogP contribution is -2.53. The fraction of sp³-hybridized carbons (Fsp3) is 0.303. The van der Waals surface area contributed by atoms with Crippen LogP contribution in [0.2, 0.25) is 0 Å². The molecule has 8 nitrogen and oxygen atoms in total. The highest BCUT2D eigenvalue weighted by Gasteiger charge is 2.31. The Kier molecular flexibility index (Phi) is 9.37. The number of carboxylic acids is 1. The van der Waals surface area contributed by atoms with Gasteiger partial charge >= 0.3 is 12.1 Å². The molecule has 0 saturated heterocycles. The molecule has 2 atom stereocenters. The highest BCUT2D eigenvalue weighted by atomic mass is 33.1. The molecule has 0 aliphatic heterocycles. The van der Waals surface area contributed by atoms with Gasteiger partial charge in [0.2, 0.25) is 5.91 Å². The van der Waals surface area contributed by atoms with E-state index < -0.39 is 30.1 Å². The minimum absolute atomic E-state index is 0.0682. The number of alkyl carbamates (subject to hydrolysis) is 1. The van der Waals surface area contributed by atoms with Crippen LogP contribution in [0, 0.1) is 0 Å². The fourth-order valence-corrected chi connectivity index (χ4v) is 7.69. The quantitative estimate of drug-likeness (QED) is 0.144. The van der Waals surface area contributed by atoms with Gasteiger partial charge in [-0.1, -0.05) is 109 Å². The third-order valence-electron chi connectivity index (χ3n) is 7.21. The Labute approximate surface area is 258 Å². The lowest BCUT2D eigenvalue weighted by molar-refractivity contribution is -0.141. The van der Waals surface area contributed by atoms with Crippen molar-refractivity contribution in [3.05, 3.63) is 95.7 Å². The molecule has 224 valence electrons. The first-order chi connectivity index (χ1) is 20.6. The minimum atomic E-state index is -1.14. The Morgan fingerprint density at radius 1 is 0.907 bits per heavy atom. The van der Waals surface area contributed by atoms with Crippen LogP contribution in [0.25, 0.3) is 22.0 Å². The van der Waals surface area contributed by atoms with E-state index in [0.717, 1.165) is 38.7 Å². The second-order valence-electron chi connectivity index (χ2n) is 11.5. The van der Waals surface area contributed by atoms with E-state index in [1.807, 2.05) is 81.4 Å². The molecule has 43 heavy (non-hydrogen) atoms. The van der Waals surface area contributed by atoms with Crippen LogP contribution in [0.1, 0.15) is 43.4 Å². The molecular formula is C33H35N3O5S2. The maximum absolute atomic E-state index is 13.5. The number of para-hydroxylation sites is 1. The Bertz CT molecular complexity index is 1580. The van der Waals surface area contributed by atoms with Crippen molar-refractivity contribution in [1.82, 2.24) is 15.6 Å². The molecular weight excluding hydrogens is 583 g/mol. The van der Waals surface area contributed by atoms with Crippen LogP contribution in [-0.4, -0.2) is 57.3 Å². The summed E-state index contributed by atoms with van der Waals surface area (Å²) in [6, 6.07) is 21.6. The molecule has 0 radical (unpaired) electrons. The molecule has 4 aromatic rings. The molecule has 1 heterocycles. The van der Waals surface area contributed by atoms with E-state index in [2.05, 4.69) is 27.8 Å². The molecule has 1 aromatic heterocycles. The van der Waals surface area contributed by atoms with Crippen molar-refractivity contribution in [1.29, 1.82) is 0 Å². The average Bonchev–Trinajstić information content (AvgIpc) is 3.53. The molecule has 4 N–H and O–H groups in total. The summed E-state index contributed by atoms with van der Waals surface area (Å²) in [5, 5.41) is 16.1. The van der Waals surface area contributed by atoms with Crippen molar-refractivity contribution < 1.29 is 24.2 Å². The van der Waals surface area contributed by atoms with E-state index in [0.29, 0.717) is 0 Å². The number of carboxylic acid groups (broad SMARTS) is 1. The van der Waals surface area contributed by atoms with Crippen molar-refractivity contribution in [2.45, 2.75) is 49.9 Å². The number of nitrogens with one attached hydrogen (secondary N) is 3. The monoisotopic (exact) mass is 617 g/mol. The topological polar surface area (TPSA) is 121 Å². The number of carbonyl (C=O) groups excluding carboxylic acids is 2. The Morgan fingerprint density at radius 2 is 1.53 bits per heavy atom. The number of carbonyl (C=O) groups is 3. The largest absolute Gasteiger partial charge is 0.480 e. The van der Waals surface area contributed by atoms with Crippen LogP contribution in [0.5, 0.6) is 0 Å². The van der Waals surface area contributed by atoms with Gasteiger partial charge in [0.15, 0.2) is 0 Å². The Morgan fingerprint density at radius 3 is 2.19 bits per heavy atom. The maximum atomic E-state index is 13.5. The molecule has 0 unspecified atom stereocenters. The number of fused-ring (bicyclic) bond motifs is 4. The number of hydrogen-bond donors (Lipinski definition) is 4. The van der Waals surface area contributed by atoms with E-state index in [-0.39, 0.29) is 29.4 Å². The molecule has 0 fully saturated rings. The maximum Gasteiger partial charge on any atom is 0.407 e. The number of benzene rings is 3. The Hall–Kier alpha value is -3.89. The molecule has 1 aliphatic rings. The zero-order valence-corrected chi connectivity index (χ0v) is 25.9. The zero-order valence-electron chi connectivity index (χ0n) is 24.3. The molecule has 5 rings (SSSR count). The van der Waals surface area contributed by atoms with Gasteiger partial charge in [0.1, 0.15) is 18.7 Å². The number of H-pyrrole nitrogens is 1. The van der Waals surface area contributed by atoms with Gasteiger partial charge in [0, 0.05) is 39.9 Å². The SMILES string of the molecule is CC(C)(C)SSC[C@H](NC(=O)[C@@H](Cc1c[nH]c2ccccc12)NC(=O)OCC1c2ccccc2-c2ccccc21)C(=O)O. The summed E-state index contributed by atoms with van der Waals surface area (Å²) < 4.78 is 5.65. The third-order valence-corrected chi connectivity index (χ3v) is 10.6. The summed E-state index contributed by atoms with van der Waals surface area (Å²) in [5.74, 6) is -1.68. The number of rotatable bonds is 11. The number of amides is 2. The first kappa shape index (κ1) is 30.6. The molecule has 0 saturated carbocycles. The van der Waals surface area contributed by atoms with Crippen molar-refractivity contribution >= 4 is 50.5 Å². The number of aliphatic carboxylic acids is 1. The van der Waals surface area contributed by atoms with Gasteiger partial charge in [-0.25, -0.2) is 9.59 Å². The van der Waals surface area contributed by atoms with Gasteiger partial charge in [0.05, 0.1) is 0 Å². The standard InChI is InChI=1S/C33H35N3O5S2/c1-33(2,3)43-42-19-29(31(38)39)35-30(37)28(16-20-17-34-27-15-9-8-10-21(20)27)36-32(40)41-18-26-24-13-6-4-11-22(24)23-12-5-7-14-25(23)26/h4-15,17,26,28-29,34H,16,18-19H2,1-3H3,(H,35,37)(H,36,40)(H,38,39)/t28-,29+/m1/s1. The van der Waals surface area contributed by atoms with E-state index in [9.17, 15) is 19.5 Å². The second-order valence-corrected chi connectivity index (χ2v) is 14.6. The third kappa shape index (κ3) is 7.37. The predicted octanol–water partition coefficient (Wildman–Crippen LogP) is 6.37. The second kappa shape index (κ2) is 13.2. The smallest absolute Gasteiger partial charge is 0.407 e. The summed E-state index contributed by atoms with van der Waals surface area (Å²) in [4.78, 5) is 41.9. The molecule has 0 bridgehead atoms. The van der Waals surface area contributed by atoms with Gasteiger partial charge < -0.3 is 25.5 Å². The molecule has 2 amide bonds. The lowest BCUT2D eigenvalue weighted by Gasteiger charge is -2.23. The Balaban J connectivity index is 1.31. The van der Waals surface area contributed by atoms with Gasteiger partial charge in [-0.05, 0) is 33.9 Å². The summed E-state index contributed by atoms with van der Waals surface area (Å²) in [6.07, 6.45) is 1.21. The van der Waals surface area contributed by atoms with Crippen LogP contribution in [-0.2, 0) is 20.7 Å². The summed E-state index contributed by atoms with van der Waals surface area (Å²) in [7, 11) is 2.93. The van der Waals surface area contributed by atoms with Crippen molar-refractivity contribution in [2.24, 2.45) is 0 Å². The van der Waals surface area contributed by atoms with Crippen LogP contribution in [0.3, 0.4) is 0 Å². The average molecular weight is 618 g/mol. The molecule has 1 aliphatic carbocycles. The van der Waals surface area contributed by atoms with Crippen LogP contribution < -0.4 is 10.6 Å². The molecule has 3 aromatic carbocycles. The predicted molar refractivity (Wildman–Crippen MR) is 173 cm³/mol. The van der Waals surface area contributed by atoms with Gasteiger partial charge in [-0.15, -0.1) is 0 Å². The first-order valence-electron chi connectivity index (χ1n) is 14.1. The van der Waals surface area contributed by atoms with E-state index in [4.69, 9.17) is 4.74 Å². The van der Waals surface area contributed by atoms with Crippen molar-refractivity contribution in [3.63, 3.8) is 0 Å². The van der Waals surface area contributed by atoms with Crippen molar-refractivity contribution in [2.75, 3.05) is 12.4 Å². The summed E-state index contributed by atoms with van der Waals surface area (Å²) >= 11 is 0. The fourth-order valence-electron chi connectivity index (χ4n) is 5.24. The number of ether oxygens (including phenoxy) is 1. The molecule has 10 heteroatoms. The number of aromatic nitrogens is 1. The van der Waals surface area contributed by atoms with E-state index in [1.54, 1.807) is 17.0 Å². The first-order valence-corrected chi connectivity index (χ1v) is 16.4. The van der Waals surface area contributed by atoms with E-state index in [1.165, 1.54) is 10.8 Å². The zero-order chi connectivity index (χ0) is 30.6. The highest BCUT2D eigenvalue weighted by Crippen LogP contribution is 2.44.